The van der Waals surface area contributed by atoms with E-state index < -0.39 is 0 Å². The van der Waals surface area contributed by atoms with Crippen molar-refractivity contribution < 1.29 is 9.53 Å². The third-order valence-corrected chi connectivity index (χ3v) is 6.01. The molecule has 0 spiro atoms. The fourth-order valence-electron chi connectivity index (χ4n) is 2.88. The second kappa shape index (κ2) is 8.55. The molecule has 29 heavy (non-hydrogen) atoms. The number of amides is 1. The molecule has 1 N–H and O–H groups in total. The average molecular weight is 422 g/mol. The van der Waals surface area contributed by atoms with Gasteiger partial charge in [-0.2, -0.15) is 0 Å². The molecule has 146 valence electrons. The molecule has 0 radical (unpaired) electrons. The lowest BCUT2D eigenvalue weighted by Crippen LogP contribution is -2.14. The normalized spacial score (nSPS) is 10.7. The van der Waals surface area contributed by atoms with E-state index in [9.17, 15) is 4.79 Å². The van der Waals surface area contributed by atoms with Crippen LogP contribution in [-0.4, -0.2) is 23.0 Å². The number of ether oxygens (including phenoxy) is 1. The Morgan fingerprint density at radius 2 is 1.86 bits per heavy atom. The Hall–Kier alpha value is -3.03. The predicted octanol–water partition coefficient (Wildman–Crippen LogP) is 5.43. The Labute approximate surface area is 177 Å². The lowest BCUT2D eigenvalue weighted by atomic mass is 10.1. The lowest BCUT2D eigenvalue weighted by molar-refractivity contribution is -0.115. The van der Waals surface area contributed by atoms with Crippen molar-refractivity contribution in [1.82, 2.24) is 9.97 Å². The van der Waals surface area contributed by atoms with Gasteiger partial charge in [0.05, 0.1) is 29.9 Å². The summed E-state index contributed by atoms with van der Waals surface area (Å²) in [4.78, 5) is 21.6. The Kier molecular flexibility index (Phi) is 5.69. The Morgan fingerprint density at radius 3 is 2.59 bits per heavy atom. The highest BCUT2D eigenvalue weighted by Crippen LogP contribution is 2.27. The molecular formula is C22H19N3O2S2. The standard InChI is InChI=1S/C22H19N3O2S2/c1-14-23-20(13-28-14)16-4-3-5-17(10-16)24-21(26)11-18-12-29-22(25-18)15-6-8-19(27-2)9-7-15/h3-10,12-13H,11H2,1-2H3,(H,24,26). The Morgan fingerprint density at radius 1 is 1.03 bits per heavy atom. The van der Waals surface area contributed by atoms with Gasteiger partial charge < -0.3 is 10.1 Å². The summed E-state index contributed by atoms with van der Waals surface area (Å²) in [6.07, 6.45) is 0.229. The van der Waals surface area contributed by atoms with E-state index in [0.29, 0.717) is 0 Å². The highest BCUT2D eigenvalue weighted by atomic mass is 32.1. The third kappa shape index (κ3) is 4.70. The van der Waals surface area contributed by atoms with Gasteiger partial charge in [0.2, 0.25) is 5.91 Å². The van der Waals surface area contributed by atoms with Crippen molar-refractivity contribution in [3.8, 4) is 27.6 Å². The van der Waals surface area contributed by atoms with Crippen LogP contribution in [-0.2, 0) is 11.2 Å². The fraction of sp³-hybridized carbons (Fsp3) is 0.136. The largest absolute Gasteiger partial charge is 0.497 e. The number of hydrogen-bond donors (Lipinski definition) is 1. The molecule has 0 saturated heterocycles. The van der Waals surface area contributed by atoms with Crippen LogP contribution in [0, 0.1) is 6.92 Å². The van der Waals surface area contributed by atoms with Crippen LogP contribution in [0.15, 0.2) is 59.3 Å². The van der Waals surface area contributed by atoms with Crippen molar-refractivity contribution in [2.75, 3.05) is 12.4 Å². The topological polar surface area (TPSA) is 64.1 Å². The van der Waals surface area contributed by atoms with Gasteiger partial charge in [0, 0.05) is 27.6 Å². The second-order valence-corrected chi connectivity index (χ2v) is 8.35. The summed E-state index contributed by atoms with van der Waals surface area (Å²) in [6, 6.07) is 15.5. The number of carbonyl (C=O) groups is 1. The van der Waals surface area contributed by atoms with E-state index in [1.54, 1.807) is 18.4 Å². The van der Waals surface area contributed by atoms with Crippen LogP contribution in [0.1, 0.15) is 10.7 Å². The maximum Gasteiger partial charge on any atom is 0.230 e. The molecule has 4 aromatic rings. The molecule has 0 bridgehead atoms. The molecule has 0 unspecified atom stereocenters. The molecule has 0 saturated carbocycles. The zero-order valence-corrected chi connectivity index (χ0v) is 17.6. The van der Waals surface area contributed by atoms with Crippen molar-refractivity contribution >= 4 is 34.3 Å². The van der Waals surface area contributed by atoms with Crippen LogP contribution in [0.4, 0.5) is 5.69 Å². The first-order valence-electron chi connectivity index (χ1n) is 9.02. The Balaban J connectivity index is 1.42. The van der Waals surface area contributed by atoms with Gasteiger partial charge in [0.25, 0.3) is 0 Å². The summed E-state index contributed by atoms with van der Waals surface area (Å²) in [5.74, 6) is 0.711. The smallest absolute Gasteiger partial charge is 0.230 e. The van der Waals surface area contributed by atoms with Crippen LogP contribution in [0.3, 0.4) is 0 Å². The van der Waals surface area contributed by atoms with Gasteiger partial charge >= 0.3 is 0 Å². The number of aryl methyl sites for hydroxylation is 1. The summed E-state index contributed by atoms with van der Waals surface area (Å²) in [5, 5.41) is 8.81. The van der Waals surface area contributed by atoms with Crippen molar-refractivity contribution in [2.24, 2.45) is 0 Å². The number of nitrogens with zero attached hydrogens (tertiary/aromatic N) is 2. The van der Waals surface area contributed by atoms with Crippen LogP contribution in [0.5, 0.6) is 5.75 Å². The molecule has 0 aliphatic rings. The molecule has 0 aliphatic heterocycles. The quantitative estimate of drug-likeness (QED) is 0.451. The minimum absolute atomic E-state index is 0.0943. The summed E-state index contributed by atoms with van der Waals surface area (Å²) >= 11 is 3.14. The summed E-state index contributed by atoms with van der Waals surface area (Å²) in [5.41, 5.74) is 4.43. The SMILES string of the molecule is COc1ccc(-c2nc(CC(=O)Nc3cccc(-c4csc(C)n4)c3)cs2)cc1. The van der Waals surface area contributed by atoms with E-state index in [1.807, 2.05) is 66.2 Å². The minimum atomic E-state index is -0.0943. The Bertz CT molecular complexity index is 1130. The van der Waals surface area contributed by atoms with Crippen LogP contribution in [0.2, 0.25) is 0 Å². The van der Waals surface area contributed by atoms with Crippen LogP contribution < -0.4 is 10.1 Å². The van der Waals surface area contributed by atoms with E-state index >= 15 is 0 Å². The molecule has 2 heterocycles. The summed E-state index contributed by atoms with van der Waals surface area (Å²) in [7, 11) is 1.64. The maximum atomic E-state index is 12.5. The number of anilines is 1. The molecular weight excluding hydrogens is 402 g/mol. The number of methoxy groups -OCH3 is 1. The van der Waals surface area contributed by atoms with E-state index in [-0.39, 0.29) is 12.3 Å². The number of benzene rings is 2. The van der Waals surface area contributed by atoms with Crippen molar-refractivity contribution in [3.63, 3.8) is 0 Å². The number of carbonyl (C=O) groups excluding carboxylic acids is 1. The third-order valence-electron chi connectivity index (χ3n) is 4.29. The molecule has 1 amide bonds. The van der Waals surface area contributed by atoms with Gasteiger partial charge in [0.15, 0.2) is 0 Å². The van der Waals surface area contributed by atoms with E-state index in [2.05, 4.69) is 15.3 Å². The molecule has 0 atom stereocenters. The minimum Gasteiger partial charge on any atom is -0.497 e. The van der Waals surface area contributed by atoms with E-state index in [4.69, 9.17) is 4.74 Å². The number of aromatic nitrogens is 2. The zero-order chi connectivity index (χ0) is 20.2. The monoisotopic (exact) mass is 421 g/mol. The summed E-state index contributed by atoms with van der Waals surface area (Å²) < 4.78 is 5.18. The molecule has 7 heteroatoms. The molecule has 0 fully saturated rings. The van der Waals surface area contributed by atoms with Gasteiger partial charge in [-0.15, -0.1) is 22.7 Å². The van der Waals surface area contributed by atoms with Crippen molar-refractivity contribution in [1.29, 1.82) is 0 Å². The van der Waals surface area contributed by atoms with Crippen molar-refractivity contribution in [2.45, 2.75) is 13.3 Å². The van der Waals surface area contributed by atoms with Gasteiger partial charge in [-0.1, -0.05) is 12.1 Å². The van der Waals surface area contributed by atoms with E-state index in [0.717, 1.165) is 44.0 Å². The molecule has 2 aromatic carbocycles. The lowest BCUT2D eigenvalue weighted by Gasteiger charge is -2.06. The van der Waals surface area contributed by atoms with Crippen LogP contribution in [0.25, 0.3) is 21.8 Å². The van der Waals surface area contributed by atoms with Gasteiger partial charge in [-0.05, 0) is 43.3 Å². The molecule has 2 aromatic heterocycles. The molecule has 4 rings (SSSR count). The van der Waals surface area contributed by atoms with E-state index in [1.165, 1.54) is 11.3 Å². The van der Waals surface area contributed by atoms with Gasteiger partial charge in [-0.3, -0.25) is 4.79 Å². The molecule has 5 nitrogen and oxygen atoms in total. The second-order valence-electron chi connectivity index (χ2n) is 6.43. The summed E-state index contributed by atoms with van der Waals surface area (Å²) in [6.45, 7) is 1.98. The number of nitrogens with one attached hydrogen (secondary N) is 1. The first-order valence-corrected chi connectivity index (χ1v) is 10.8. The number of hydrogen-bond acceptors (Lipinski definition) is 6. The maximum absolute atomic E-state index is 12.5. The van der Waals surface area contributed by atoms with Gasteiger partial charge in [0.1, 0.15) is 10.8 Å². The van der Waals surface area contributed by atoms with Gasteiger partial charge in [-0.25, -0.2) is 9.97 Å². The number of rotatable bonds is 6. The highest BCUT2D eigenvalue weighted by molar-refractivity contribution is 7.13. The average Bonchev–Trinajstić information content (AvgIpc) is 3.37. The van der Waals surface area contributed by atoms with Crippen LogP contribution >= 0.6 is 22.7 Å². The fourth-order valence-corrected chi connectivity index (χ4v) is 4.32. The molecule has 0 aliphatic carbocycles. The van der Waals surface area contributed by atoms with Crippen molar-refractivity contribution in [3.05, 3.63) is 70.0 Å². The first kappa shape index (κ1) is 19.3. The predicted molar refractivity (Wildman–Crippen MR) is 119 cm³/mol. The first-order chi connectivity index (χ1) is 14.1. The zero-order valence-electron chi connectivity index (χ0n) is 16.0. The number of thiazole rings is 2. The highest BCUT2D eigenvalue weighted by Gasteiger charge is 2.11.